The molecule has 184 valence electrons. The highest BCUT2D eigenvalue weighted by Crippen LogP contribution is 2.46. The zero-order chi connectivity index (χ0) is 24.8. The van der Waals surface area contributed by atoms with E-state index in [1.807, 2.05) is 0 Å². The molecule has 1 aliphatic carbocycles. The predicted molar refractivity (Wildman–Crippen MR) is 133 cm³/mol. The summed E-state index contributed by atoms with van der Waals surface area (Å²) in [5.41, 5.74) is 2.90. The number of benzene rings is 2. The van der Waals surface area contributed by atoms with Crippen LogP contribution in [0.2, 0.25) is 10.0 Å². The lowest BCUT2D eigenvalue weighted by Crippen LogP contribution is -2.23. The summed E-state index contributed by atoms with van der Waals surface area (Å²) in [7, 11) is 0. The van der Waals surface area contributed by atoms with Gasteiger partial charge in [0.25, 0.3) is 0 Å². The molecule has 0 atom stereocenters. The number of nitrogens with one attached hydrogen (secondary N) is 1. The molecular weight excluding hydrogens is 491 g/mol. The van der Waals surface area contributed by atoms with Crippen LogP contribution in [0.5, 0.6) is 0 Å². The Bertz CT molecular complexity index is 1190. The van der Waals surface area contributed by atoms with E-state index in [4.69, 9.17) is 32.5 Å². The van der Waals surface area contributed by atoms with Gasteiger partial charge >= 0.3 is 5.97 Å². The summed E-state index contributed by atoms with van der Waals surface area (Å²) in [5.74, 6) is 0.0450. The molecule has 35 heavy (non-hydrogen) atoms. The van der Waals surface area contributed by atoms with Gasteiger partial charge in [-0.25, -0.2) is 4.79 Å². The fourth-order valence-corrected chi connectivity index (χ4v) is 4.45. The van der Waals surface area contributed by atoms with E-state index < -0.39 is 5.97 Å². The molecule has 0 radical (unpaired) electrons. The number of hydrogen-bond acceptors (Lipinski definition) is 5. The average molecular weight is 517 g/mol. The number of carbonyl (C=O) groups excluding carboxylic acids is 1. The van der Waals surface area contributed by atoms with Gasteiger partial charge in [-0.05, 0) is 49.4 Å². The molecule has 1 heterocycles. The minimum absolute atomic E-state index is 0.129. The van der Waals surface area contributed by atoms with E-state index in [0.717, 1.165) is 24.2 Å². The fraction of sp³-hybridized carbons (Fsp3) is 0.346. The van der Waals surface area contributed by atoms with E-state index in [1.165, 1.54) is 6.07 Å². The van der Waals surface area contributed by atoms with Gasteiger partial charge in [-0.1, -0.05) is 52.6 Å². The first-order chi connectivity index (χ1) is 17.0. The highest BCUT2D eigenvalue weighted by Gasteiger charge is 2.33. The van der Waals surface area contributed by atoms with Crippen molar-refractivity contribution in [3.8, 4) is 11.3 Å². The molecule has 1 saturated carbocycles. The molecule has 0 aliphatic heterocycles. The van der Waals surface area contributed by atoms with Crippen LogP contribution in [-0.4, -0.2) is 28.7 Å². The summed E-state index contributed by atoms with van der Waals surface area (Å²) in [6, 6.07) is 12.0. The molecule has 0 unspecified atom stereocenters. The van der Waals surface area contributed by atoms with Crippen molar-refractivity contribution < 1.29 is 24.0 Å². The van der Waals surface area contributed by atoms with Gasteiger partial charge in [-0.3, -0.25) is 4.79 Å². The maximum absolute atomic E-state index is 12.2. The topological polar surface area (TPSA) is 102 Å². The van der Waals surface area contributed by atoms with Crippen molar-refractivity contribution in [2.45, 2.75) is 51.2 Å². The van der Waals surface area contributed by atoms with Gasteiger partial charge in [-0.15, -0.1) is 0 Å². The molecule has 2 aromatic carbocycles. The van der Waals surface area contributed by atoms with E-state index in [0.29, 0.717) is 65.3 Å². The molecule has 1 fully saturated rings. The van der Waals surface area contributed by atoms with Crippen LogP contribution in [0.25, 0.3) is 11.3 Å². The van der Waals surface area contributed by atoms with Crippen molar-refractivity contribution in [1.29, 1.82) is 0 Å². The third-order valence-electron chi connectivity index (χ3n) is 5.88. The Labute approximate surface area is 213 Å². The molecule has 1 amide bonds. The quantitative estimate of drug-likeness (QED) is 0.276. The third kappa shape index (κ3) is 6.42. The van der Waals surface area contributed by atoms with Crippen LogP contribution < -0.4 is 5.32 Å². The van der Waals surface area contributed by atoms with Gasteiger partial charge in [0, 0.05) is 36.6 Å². The maximum atomic E-state index is 12.2. The molecule has 7 nitrogen and oxygen atoms in total. The van der Waals surface area contributed by atoms with Crippen molar-refractivity contribution >= 4 is 35.1 Å². The van der Waals surface area contributed by atoms with Gasteiger partial charge in [-0.2, -0.15) is 0 Å². The number of hydrogen-bond donors (Lipinski definition) is 2. The Balaban J connectivity index is 1.25. The van der Waals surface area contributed by atoms with E-state index in [1.54, 1.807) is 36.4 Å². The number of carbonyl (C=O) groups is 2. The van der Waals surface area contributed by atoms with Gasteiger partial charge in [0.05, 0.1) is 22.2 Å². The minimum atomic E-state index is -1.01. The lowest BCUT2D eigenvalue weighted by Gasteiger charge is -2.09. The highest BCUT2D eigenvalue weighted by molar-refractivity contribution is 6.39. The summed E-state index contributed by atoms with van der Waals surface area (Å²) in [5, 5.41) is 17.3. The number of carboxylic acid groups (broad SMARTS) is 1. The lowest BCUT2D eigenvalue weighted by molar-refractivity contribution is -0.121. The standard InChI is InChI=1S/C26H26Cl2N2O5/c27-20-8-5-9-21(28)23(20)24-19(25(35-30-24)16-11-12-16)15-34-13-4-3-10-22(31)29-14-17-6-1-2-7-18(17)26(32)33/h1-2,5-9,16H,3-4,10-15H2,(H,29,31)(H,32,33). The number of rotatable bonds is 12. The smallest absolute Gasteiger partial charge is 0.336 e. The average Bonchev–Trinajstić information content (AvgIpc) is 3.60. The first-order valence-corrected chi connectivity index (χ1v) is 12.3. The molecule has 3 aromatic rings. The summed E-state index contributed by atoms with van der Waals surface area (Å²) in [6.45, 7) is 0.979. The van der Waals surface area contributed by atoms with Gasteiger partial charge in [0.2, 0.25) is 5.91 Å². The number of ether oxygens (including phenoxy) is 1. The summed E-state index contributed by atoms with van der Waals surface area (Å²) in [6.07, 6.45) is 3.80. The molecule has 0 bridgehead atoms. The number of carboxylic acids is 1. The van der Waals surface area contributed by atoms with E-state index in [2.05, 4.69) is 10.5 Å². The number of amides is 1. The van der Waals surface area contributed by atoms with Crippen LogP contribution in [0, 0.1) is 0 Å². The third-order valence-corrected chi connectivity index (χ3v) is 6.51. The van der Waals surface area contributed by atoms with Crippen LogP contribution in [-0.2, 0) is 22.7 Å². The van der Waals surface area contributed by atoms with Crippen LogP contribution in [0.3, 0.4) is 0 Å². The zero-order valence-electron chi connectivity index (χ0n) is 19.1. The largest absolute Gasteiger partial charge is 0.478 e. The summed E-state index contributed by atoms with van der Waals surface area (Å²) < 4.78 is 11.6. The first-order valence-electron chi connectivity index (χ1n) is 11.5. The number of nitrogens with zero attached hydrogens (tertiary/aromatic N) is 1. The van der Waals surface area contributed by atoms with Crippen molar-refractivity contribution in [2.75, 3.05) is 6.61 Å². The maximum Gasteiger partial charge on any atom is 0.336 e. The van der Waals surface area contributed by atoms with Gasteiger partial charge in [0.15, 0.2) is 0 Å². The van der Waals surface area contributed by atoms with Crippen LogP contribution in [0.15, 0.2) is 47.0 Å². The second-order valence-corrected chi connectivity index (χ2v) is 9.31. The van der Waals surface area contributed by atoms with Crippen molar-refractivity contribution in [1.82, 2.24) is 10.5 Å². The van der Waals surface area contributed by atoms with Crippen molar-refractivity contribution in [3.63, 3.8) is 0 Å². The monoisotopic (exact) mass is 516 g/mol. The van der Waals surface area contributed by atoms with Gasteiger partial charge < -0.3 is 19.7 Å². The molecule has 9 heteroatoms. The van der Waals surface area contributed by atoms with E-state index in [-0.39, 0.29) is 18.0 Å². The SMILES string of the molecule is O=C(CCCCOCc1c(-c2c(Cl)cccc2Cl)noc1C1CC1)NCc1ccccc1C(=O)O. The Morgan fingerprint density at radius 3 is 2.54 bits per heavy atom. The number of aromatic carboxylic acids is 1. The Hall–Kier alpha value is -2.87. The minimum Gasteiger partial charge on any atom is -0.478 e. The Morgan fingerprint density at radius 2 is 1.83 bits per heavy atom. The Morgan fingerprint density at radius 1 is 1.09 bits per heavy atom. The number of halogens is 2. The molecule has 1 aromatic heterocycles. The van der Waals surface area contributed by atoms with E-state index >= 15 is 0 Å². The fourth-order valence-electron chi connectivity index (χ4n) is 3.88. The van der Waals surface area contributed by atoms with Crippen molar-refractivity contribution in [3.05, 3.63) is 75.0 Å². The van der Waals surface area contributed by atoms with Crippen LogP contribution in [0.1, 0.15) is 65.3 Å². The predicted octanol–water partition coefficient (Wildman–Crippen LogP) is 6.23. The number of aromatic nitrogens is 1. The lowest BCUT2D eigenvalue weighted by atomic mass is 10.0. The normalized spacial score (nSPS) is 13.1. The first kappa shape index (κ1) is 25.2. The molecule has 0 saturated heterocycles. The molecule has 1 aliphatic rings. The van der Waals surface area contributed by atoms with Crippen LogP contribution >= 0.6 is 23.2 Å². The molecule has 2 N–H and O–H groups in total. The second-order valence-electron chi connectivity index (χ2n) is 8.49. The summed E-state index contributed by atoms with van der Waals surface area (Å²) in [4.78, 5) is 23.4. The molecule has 4 rings (SSSR count). The second kappa shape index (κ2) is 11.7. The van der Waals surface area contributed by atoms with Gasteiger partial charge in [0.1, 0.15) is 11.5 Å². The number of unbranched alkanes of at least 4 members (excludes halogenated alkanes) is 1. The molecule has 0 spiro atoms. The van der Waals surface area contributed by atoms with E-state index in [9.17, 15) is 14.7 Å². The summed E-state index contributed by atoms with van der Waals surface area (Å²) >= 11 is 12.8. The van der Waals surface area contributed by atoms with Crippen molar-refractivity contribution in [2.24, 2.45) is 0 Å². The molecular formula is C26H26Cl2N2O5. The van der Waals surface area contributed by atoms with Crippen LogP contribution in [0.4, 0.5) is 0 Å². The Kier molecular flexibility index (Phi) is 8.44. The zero-order valence-corrected chi connectivity index (χ0v) is 20.6. The highest BCUT2D eigenvalue weighted by atomic mass is 35.5.